The highest BCUT2D eigenvalue weighted by molar-refractivity contribution is 9.10. The summed E-state index contributed by atoms with van der Waals surface area (Å²) in [5, 5.41) is 5.90. The quantitative estimate of drug-likeness (QED) is 0.698. The van der Waals surface area contributed by atoms with Gasteiger partial charge in [0.05, 0.1) is 0 Å². The summed E-state index contributed by atoms with van der Waals surface area (Å²) in [6, 6.07) is 12.6. The molecule has 5 heteroatoms. The lowest BCUT2D eigenvalue weighted by atomic mass is 9.97. The molecule has 2 aromatic carbocycles. The van der Waals surface area contributed by atoms with Crippen LogP contribution in [-0.2, 0) is 17.6 Å². The van der Waals surface area contributed by atoms with Crippen LogP contribution in [0.1, 0.15) is 48.2 Å². The Kier molecular flexibility index (Phi) is 6.32. The van der Waals surface area contributed by atoms with Gasteiger partial charge in [-0.05, 0) is 72.7 Å². The van der Waals surface area contributed by atoms with Gasteiger partial charge in [0.1, 0.15) is 6.04 Å². The largest absolute Gasteiger partial charge is 0.340 e. The van der Waals surface area contributed by atoms with Crippen molar-refractivity contribution in [2.24, 2.45) is 5.92 Å². The van der Waals surface area contributed by atoms with Crippen LogP contribution in [0.3, 0.4) is 0 Å². The third-order valence-corrected chi connectivity index (χ3v) is 5.78. The van der Waals surface area contributed by atoms with Crippen LogP contribution in [-0.4, -0.2) is 17.9 Å². The second kappa shape index (κ2) is 8.70. The number of rotatable bonds is 6. The number of nitrogens with one attached hydrogen (secondary N) is 2. The molecule has 0 fully saturated rings. The number of hydrogen-bond acceptors (Lipinski definition) is 2. The van der Waals surface area contributed by atoms with Crippen molar-refractivity contribution in [1.29, 1.82) is 0 Å². The Bertz CT molecular complexity index is 833. The third kappa shape index (κ3) is 4.78. The summed E-state index contributed by atoms with van der Waals surface area (Å²) in [4.78, 5) is 25.5. The smallest absolute Gasteiger partial charge is 0.251 e. The number of fused-ring (bicyclic) bond motifs is 1. The van der Waals surface area contributed by atoms with Crippen molar-refractivity contribution in [2.75, 3.05) is 5.32 Å². The third-order valence-electron chi connectivity index (χ3n) is 5.25. The second-order valence-electron chi connectivity index (χ2n) is 7.17. The summed E-state index contributed by atoms with van der Waals surface area (Å²) in [7, 11) is 0. The molecule has 0 heterocycles. The number of halogens is 1. The zero-order valence-corrected chi connectivity index (χ0v) is 17.3. The summed E-state index contributed by atoms with van der Waals surface area (Å²) in [5.41, 5.74) is 4.02. The lowest BCUT2D eigenvalue weighted by Crippen LogP contribution is -2.47. The molecule has 2 atom stereocenters. The lowest BCUT2D eigenvalue weighted by molar-refractivity contribution is -0.119. The van der Waals surface area contributed by atoms with Gasteiger partial charge >= 0.3 is 0 Å². The maximum atomic E-state index is 12.9. The molecule has 2 N–H and O–H groups in total. The molecule has 0 saturated heterocycles. The lowest BCUT2D eigenvalue weighted by Gasteiger charge is -2.24. The molecular formula is C22H25BrN2O2. The van der Waals surface area contributed by atoms with E-state index in [0.717, 1.165) is 29.4 Å². The van der Waals surface area contributed by atoms with Crippen LogP contribution >= 0.6 is 15.9 Å². The van der Waals surface area contributed by atoms with E-state index in [-0.39, 0.29) is 17.7 Å². The SMILES string of the molecule is CCC(C)C(NC(=O)c1ccc(Br)cc1)C(=O)Nc1ccc2c(c1)CCC2. The fourth-order valence-corrected chi connectivity index (χ4v) is 3.66. The van der Waals surface area contributed by atoms with Crippen LogP contribution < -0.4 is 10.6 Å². The first-order chi connectivity index (χ1) is 13.0. The van der Waals surface area contributed by atoms with Crippen molar-refractivity contribution in [3.63, 3.8) is 0 Å². The Balaban J connectivity index is 1.72. The first kappa shape index (κ1) is 19.6. The molecule has 2 amide bonds. The van der Waals surface area contributed by atoms with Gasteiger partial charge in [-0.2, -0.15) is 0 Å². The first-order valence-corrected chi connectivity index (χ1v) is 10.3. The molecule has 2 aromatic rings. The predicted molar refractivity (Wildman–Crippen MR) is 112 cm³/mol. The van der Waals surface area contributed by atoms with Crippen molar-refractivity contribution in [3.05, 3.63) is 63.6 Å². The average molecular weight is 429 g/mol. The average Bonchev–Trinajstić information content (AvgIpc) is 3.13. The van der Waals surface area contributed by atoms with Crippen molar-refractivity contribution < 1.29 is 9.59 Å². The second-order valence-corrected chi connectivity index (χ2v) is 8.09. The van der Waals surface area contributed by atoms with Crippen LogP contribution in [0.25, 0.3) is 0 Å². The Hall–Kier alpha value is -2.14. The molecule has 142 valence electrons. The number of benzene rings is 2. The minimum atomic E-state index is -0.584. The summed E-state index contributed by atoms with van der Waals surface area (Å²) in [6.45, 7) is 4.00. The summed E-state index contributed by atoms with van der Waals surface area (Å²) >= 11 is 3.37. The predicted octanol–water partition coefficient (Wildman–Crippen LogP) is 4.72. The van der Waals surface area contributed by atoms with Gasteiger partial charge in [0.25, 0.3) is 5.91 Å². The number of aryl methyl sites for hydroxylation is 2. The van der Waals surface area contributed by atoms with Gasteiger partial charge in [-0.15, -0.1) is 0 Å². The molecular weight excluding hydrogens is 404 g/mol. The molecule has 0 aliphatic heterocycles. The molecule has 0 bridgehead atoms. The van der Waals surface area contributed by atoms with Crippen molar-refractivity contribution in [1.82, 2.24) is 5.32 Å². The fourth-order valence-electron chi connectivity index (χ4n) is 3.40. The van der Waals surface area contributed by atoms with E-state index < -0.39 is 6.04 Å². The molecule has 0 aromatic heterocycles. The van der Waals surface area contributed by atoms with Crippen molar-refractivity contribution in [3.8, 4) is 0 Å². The van der Waals surface area contributed by atoms with Crippen molar-refractivity contribution in [2.45, 2.75) is 45.6 Å². The number of amides is 2. The van der Waals surface area contributed by atoms with Crippen LogP contribution in [0.15, 0.2) is 46.9 Å². The van der Waals surface area contributed by atoms with Crippen LogP contribution in [0, 0.1) is 5.92 Å². The van der Waals surface area contributed by atoms with E-state index in [0.29, 0.717) is 5.56 Å². The van der Waals surface area contributed by atoms with Crippen molar-refractivity contribution >= 4 is 33.4 Å². The van der Waals surface area contributed by atoms with E-state index in [4.69, 9.17) is 0 Å². The molecule has 0 radical (unpaired) electrons. The maximum absolute atomic E-state index is 12.9. The molecule has 3 rings (SSSR count). The van der Waals surface area contributed by atoms with Gasteiger partial charge in [-0.1, -0.05) is 42.3 Å². The number of carbonyl (C=O) groups is 2. The Morgan fingerprint density at radius 1 is 1.07 bits per heavy atom. The molecule has 27 heavy (non-hydrogen) atoms. The highest BCUT2D eigenvalue weighted by Crippen LogP contribution is 2.25. The Morgan fingerprint density at radius 3 is 2.48 bits per heavy atom. The highest BCUT2D eigenvalue weighted by Gasteiger charge is 2.26. The van der Waals surface area contributed by atoms with E-state index in [1.165, 1.54) is 17.5 Å². The monoisotopic (exact) mass is 428 g/mol. The number of carbonyl (C=O) groups excluding carboxylic acids is 2. The van der Waals surface area contributed by atoms with Gasteiger partial charge in [0.2, 0.25) is 5.91 Å². The molecule has 1 aliphatic carbocycles. The Labute approximate surface area is 168 Å². The molecule has 2 unspecified atom stereocenters. The van der Waals surface area contributed by atoms with E-state index >= 15 is 0 Å². The zero-order chi connectivity index (χ0) is 19.4. The molecule has 1 aliphatic rings. The normalized spacial score (nSPS) is 14.9. The summed E-state index contributed by atoms with van der Waals surface area (Å²) < 4.78 is 0.909. The Morgan fingerprint density at radius 2 is 1.78 bits per heavy atom. The van der Waals surface area contributed by atoms with Crippen LogP contribution in [0.4, 0.5) is 5.69 Å². The molecule has 0 saturated carbocycles. The fraction of sp³-hybridized carbons (Fsp3) is 0.364. The topological polar surface area (TPSA) is 58.2 Å². The standard InChI is InChI=1S/C22H25BrN2O2/c1-3-14(2)20(25-21(26)16-7-10-18(23)11-8-16)22(27)24-19-12-9-15-5-4-6-17(15)13-19/h7-14,20H,3-6H2,1-2H3,(H,24,27)(H,25,26). The van der Waals surface area contributed by atoms with Crippen LogP contribution in [0.5, 0.6) is 0 Å². The van der Waals surface area contributed by atoms with E-state index in [9.17, 15) is 9.59 Å². The summed E-state index contributed by atoms with van der Waals surface area (Å²) in [5.74, 6) is -0.386. The van der Waals surface area contributed by atoms with Gasteiger partial charge in [-0.3, -0.25) is 9.59 Å². The molecule has 0 spiro atoms. The zero-order valence-electron chi connectivity index (χ0n) is 15.7. The van der Waals surface area contributed by atoms with Gasteiger partial charge < -0.3 is 10.6 Å². The first-order valence-electron chi connectivity index (χ1n) is 9.47. The number of anilines is 1. The maximum Gasteiger partial charge on any atom is 0.251 e. The minimum Gasteiger partial charge on any atom is -0.340 e. The highest BCUT2D eigenvalue weighted by atomic mass is 79.9. The summed E-state index contributed by atoms with van der Waals surface area (Å²) in [6.07, 6.45) is 4.14. The van der Waals surface area contributed by atoms with E-state index in [1.54, 1.807) is 12.1 Å². The van der Waals surface area contributed by atoms with E-state index in [1.807, 2.05) is 32.0 Å². The minimum absolute atomic E-state index is 0.0267. The number of hydrogen-bond donors (Lipinski definition) is 2. The van der Waals surface area contributed by atoms with Crippen LogP contribution in [0.2, 0.25) is 0 Å². The van der Waals surface area contributed by atoms with Gasteiger partial charge in [0, 0.05) is 15.7 Å². The molecule has 4 nitrogen and oxygen atoms in total. The van der Waals surface area contributed by atoms with E-state index in [2.05, 4.69) is 38.7 Å². The van der Waals surface area contributed by atoms with Gasteiger partial charge in [0.15, 0.2) is 0 Å². The van der Waals surface area contributed by atoms with Gasteiger partial charge in [-0.25, -0.2) is 0 Å².